The van der Waals surface area contributed by atoms with Gasteiger partial charge in [-0.3, -0.25) is 0 Å². The van der Waals surface area contributed by atoms with Crippen LogP contribution >= 0.6 is 31.9 Å². The van der Waals surface area contributed by atoms with Crippen molar-refractivity contribution in [1.29, 1.82) is 0 Å². The van der Waals surface area contributed by atoms with E-state index in [9.17, 15) is 10.2 Å². The monoisotopic (exact) mass is 424 g/mol. The van der Waals surface area contributed by atoms with E-state index in [1.807, 2.05) is 24.3 Å². The highest BCUT2D eigenvalue weighted by Gasteiger charge is 2.49. The number of hydrogen-bond acceptors (Lipinski definition) is 3. The van der Waals surface area contributed by atoms with E-state index >= 15 is 0 Å². The van der Waals surface area contributed by atoms with E-state index in [0.717, 1.165) is 31.2 Å². The maximum Gasteiger partial charge on any atom is 0.122 e. The van der Waals surface area contributed by atoms with Gasteiger partial charge >= 0.3 is 0 Å². The summed E-state index contributed by atoms with van der Waals surface area (Å²) in [7, 11) is 0. The van der Waals surface area contributed by atoms with Crippen LogP contribution in [0.3, 0.4) is 0 Å². The molecule has 3 nitrogen and oxygen atoms in total. The molecule has 1 fully saturated rings. The van der Waals surface area contributed by atoms with Crippen LogP contribution in [0.25, 0.3) is 11.1 Å². The number of hydrogen-bond donors (Lipinski definition) is 2. The molecule has 114 valence electrons. The highest BCUT2D eigenvalue weighted by Crippen LogP contribution is 2.54. The summed E-state index contributed by atoms with van der Waals surface area (Å²) in [6, 6.07) is 12.3. The average molecular weight is 426 g/mol. The van der Waals surface area contributed by atoms with E-state index in [2.05, 4.69) is 44.0 Å². The van der Waals surface area contributed by atoms with Crippen LogP contribution in [0.4, 0.5) is 0 Å². The molecule has 2 atom stereocenters. The van der Waals surface area contributed by atoms with Gasteiger partial charge in [0.15, 0.2) is 0 Å². The molecule has 0 aromatic heterocycles. The first-order valence-corrected chi connectivity index (χ1v) is 8.70. The molecule has 1 saturated heterocycles. The molecule has 1 aliphatic heterocycles. The van der Waals surface area contributed by atoms with Gasteiger partial charge in [-0.2, -0.15) is 0 Å². The molecule has 0 amide bonds. The summed E-state index contributed by atoms with van der Waals surface area (Å²) in [5.74, 6) is 0. The summed E-state index contributed by atoms with van der Waals surface area (Å²) in [6.07, 6.45) is -1.29. The number of aliphatic hydroxyl groups is 2. The molecule has 1 spiro atoms. The minimum atomic E-state index is -0.836. The van der Waals surface area contributed by atoms with E-state index < -0.39 is 17.8 Å². The van der Waals surface area contributed by atoms with Gasteiger partial charge in [0.1, 0.15) is 11.7 Å². The maximum atomic E-state index is 10.2. The van der Waals surface area contributed by atoms with Crippen molar-refractivity contribution in [1.82, 2.24) is 0 Å². The first-order valence-electron chi connectivity index (χ1n) is 7.12. The predicted octanol–water partition coefficient (Wildman–Crippen LogP) is 3.58. The summed E-state index contributed by atoms with van der Waals surface area (Å²) in [5.41, 5.74) is 3.63. The zero-order valence-corrected chi connectivity index (χ0v) is 14.8. The topological polar surface area (TPSA) is 49.7 Å². The Morgan fingerprint density at radius 1 is 0.909 bits per heavy atom. The number of aliphatic hydroxyl groups excluding tert-OH is 2. The Labute approximate surface area is 145 Å². The summed E-state index contributed by atoms with van der Waals surface area (Å²) < 4.78 is 8.07. The smallest absolute Gasteiger partial charge is 0.122 e. The molecule has 22 heavy (non-hydrogen) atoms. The zero-order chi connectivity index (χ0) is 15.5. The first-order chi connectivity index (χ1) is 10.5. The Morgan fingerprint density at radius 2 is 1.45 bits per heavy atom. The molecule has 5 heteroatoms. The van der Waals surface area contributed by atoms with Crippen molar-refractivity contribution < 1.29 is 14.9 Å². The van der Waals surface area contributed by atoms with E-state index in [1.54, 1.807) is 0 Å². The molecule has 4 rings (SSSR count). The number of fused-ring (bicyclic) bond motifs is 5. The quantitative estimate of drug-likeness (QED) is 0.678. The fourth-order valence-corrected chi connectivity index (χ4v) is 4.24. The van der Waals surface area contributed by atoms with Gasteiger partial charge < -0.3 is 14.9 Å². The molecule has 1 heterocycles. The van der Waals surface area contributed by atoms with Crippen LogP contribution in [0.1, 0.15) is 17.5 Å². The van der Waals surface area contributed by atoms with E-state index in [-0.39, 0.29) is 6.61 Å². The number of benzene rings is 2. The molecular weight excluding hydrogens is 412 g/mol. The zero-order valence-electron chi connectivity index (χ0n) is 11.6. The van der Waals surface area contributed by atoms with Crippen LogP contribution in [0.15, 0.2) is 45.3 Å². The molecule has 2 unspecified atom stereocenters. The summed E-state index contributed by atoms with van der Waals surface area (Å²) in [4.78, 5) is 0. The summed E-state index contributed by atoms with van der Waals surface area (Å²) in [6.45, 7) is 0.124. The van der Waals surface area contributed by atoms with Gasteiger partial charge in [0.2, 0.25) is 0 Å². The van der Waals surface area contributed by atoms with Gasteiger partial charge in [-0.15, -0.1) is 0 Å². The molecule has 2 aromatic rings. The lowest BCUT2D eigenvalue weighted by atomic mass is 9.82. The van der Waals surface area contributed by atoms with Crippen molar-refractivity contribution in [2.24, 2.45) is 0 Å². The second-order valence-corrected chi connectivity index (χ2v) is 7.69. The first kappa shape index (κ1) is 14.8. The van der Waals surface area contributed by atoms with E-state index in [0.29, 0.717) is 6.42 Å². The van der Waals surface area contributed by atoms with Crippen molar-refractivity contribution in [3.8, 4) is 11.1 Å². The van der Waals surface area contributed by atoms with Gasteiger partial charge in [-0.05, 0) is 46.5 Å². The Hall–Kier alpha value is -0.720. The van der Waals surface area contributed by atoms with Crippen LogP contribution in [-0.2, 0) is 10.3 Å². The van der Waals surface area contributed by atoms with Crippen LogP contribution in [0.5, 0.6) is 0 Å². The van der Waals surface area contributed by atoms with E-state index in [1.165, 1.54) is 0 Å². The average Bonchev–Trinajstić information content (AvgIpc) is 2.73. The third-order valence-corrected chi connectivity index (χ3v) is 5.55. The lowest BCUT2D eigenvalue weighted by Gasteiger charge is -2.40. The molecule has 0 radical (unpaired) electrons. The lowest BCUT2D eigenvalue weighted by molar-refractivity contribution is -0.157. The fourth-order valence-electron chi connectivity index (χ4n) is 3.52. The lowest BCUT2D eigenvalue weighted by Crippen LogP contribution is -2.47. The van der Waals surface area contributed by atoms with Gasteiger partial charge in [-0.1, -0.05) is 44.0 Å². The molecule has 2 N–H and O–H groups in total. The third kappa shape index (κ3) is 2.03. The predicted molar refractivity (Wildman–Crippen MR) is 90.6 cm³/mol. The second-order valence-electron chi connectivity index (χ2n) is 5.86. The van der Waals surface area contributed by atoms with Gasteiger partial charge in [-0.25, -0.2) is 0 Å². The summed E-state index contributed by atoms with van der Waals surface area (Å²) in [5, 5.41) is 20.1. The molecular formula is C17H14Br2O3. The van der Waals surface area contributed by atoms with Gasteiger partial charge in [0.05, 0.1) is 12.7 Å². The minimum Gasteiger partial charge on any atom is -0.390 e. The summed E-state index contributed by atoms with van der Waals surface area (Å²) >= 11 is 7.05. The van der Waals surface area contributed by atoms with Crippen LogP contribution in [-0.4, -0.2) is 29.0 Å². The largest absolute Gasteiger partial charge is 0.390 e. The SMILES string of the molecule is OC1COC2(CC1O)c1cc(Br)ccc1-c1ccc(Br)cc12. The van der Waals surface area contributed by atoms with Crippen molar-refractivity contribution in [3.05, 3.63) is 56.5 Å². The van der Waals surface area contributed by atoms with Crippen molar-refractivity contribution in [2.45, 2.75) is 24.2 Å². The molecule has 0 saturated carbocycles. The van der Waals surface area contributed by atoms with Gasteiger partial charge in [0, 0.05) is 15.4 Å². The molecule has 0 bridgehead atoms. The third-order valence-electron chi connectivity index (χ3n) is 4.56. The fraction of sp³-hybridized carbons (Fsp3) is 0.294. The van der Waals surface area contributed by atoms with Crippen molar-refractivity contribution in [3.63, 3.8) is 0 Å². The normalized spacial score (nSPS) is 25.1. The van der Waals surface area contributed by atoms with E-state index in [4.69, 9.17) is 4.74 Å². The number of rotatable bonds is 0. The Morgan fingerprint density at radius 3 is 1.95 bits per heavy atom. The maximum absolute atomic E-state index is 10.2. The molecule has 2 aromatic carbocycles. The van der Waals surface area contributed by atoms with Crippen LogP contribution in [0, 0.1) is 0 Å². The van der Waals surface area contributed by atoms with Gasteiger partial charge in [0.25, 0.3) is 0 Å². The minimum absolute atomic E-state index is 0.124. The van der Waals surface area contributed by atoms with Crippen molar-refractivity contribution in [2.75, 3.05) is 6.61 Å². The Balaban J connectivity index is 1.98. The second kappa shape index (κ2) is 5.14. The number of ether oxygens (including phenoxy) is 1. The van der Waals surface area contributed by atoms with Crippen LogP contribution in [0.2, 0.25) is 0 Å². The van der Waals surface area contributed by atoms with Crippen LogP contribution < -0.4 is 0 Å². The van der Waals surface area contributed by atoms with Crippen molar-refractivity contribution >= 4 is 31.9 Å². The highest BCUT2D eigenvalue weighted by atomic mass is 79.9. The Kier molecular flexibility index (Phi) is 3.47. The molecule has 1 aliphatic carbocycles. The number of halogens is 2. The standard InChI is InChI=1S/C17H14Br2O3/c18-9-1-3-11-12-4-2-10(19)6-14(12)17(13(11)5-9)7-15(20)16(21)8-22-17/h1-6,15-16,20-21H,7-8H2. The molecule has 2 aliphatic rings. The highest BCUT2D eigenvalue weighted by molar-refractivity contribution is 9.10. The Bertz CT molecular complexity index is 708.